The molecular formula is C16H15N3O4S. The summed E-state index contributed by atoms with van der Waals surface area (Å²) in [6, 6.07) is 8.81. The summed E-state index contributed by atoms with van der Waals surface area (Å²) in [7, 11) is -3.76. The second kappa shape index (κ2) is 6.04. The Labute approximate surface area is 139 Å². The highest BCUT2D eigenvalue weighted by Crippen LogP contribution is 2.24. The number of carbonyl (C=O) groups excluding carboxylic acids is 2. The molecule has 1 saturated heterocycles. The number of aromatic nitrogens is 1. The van der Waals surface area contributed by atoms with Crippen molar-refractivity contribution < 1.29 is 18.0 Å². The molecule has 2 heterocycles. The Kier molecular flexibility index (Phi) is 4.06. The van der Waals surface area contributed by atoms with Gasteiger partial charge in [0.2, 0.25) is 11.8 Å². The number of sulfonamides is 1. The SMILES string of the molecule is Cc1cc(NS(=O)(=O)c2ccc(N3C(=O)CCC3=O)cc2)ccn1. The molecule has 2 aromatic rings. The maximum atomic E-state index is 12.4. The molecule has 1 aliphatic heterocycles. The first kappa shape index (κ1) is 16.1. The van der Waals surface area contributed by atoms with Crippen LogP contribution in [-0.4, -0.2) is 25.2 Å². The number of benzene rings is 1. The lowest BCUT2D eigenvalue weighted by molar-refractivity contribution is -0.121. The summed E-state index contributed by atoms with van der Waals surface area (Å²) in [6.07, 6.45) is 1.88. The number of aryl methyl sites for hydroxylation is 1. The van der Waals surface area contributed by atoms with Gasteiger partial charge in [0.05, 0.1) is 16.3 Å². The van der Waals surface area contributed by atoms with E-state index in [4.69, 9.17) is 0 Å². The normalized spacial score (nSPS) is 15.0. The molecule has 124 valence electrons. The lowest BCUT2D eigenvalue weighted by Gasteiger charge is -2.14. The van der Waals surface area contributed by atoms with Crippen LogP contribution in [-0.2, 0) is 19.6 Å². The zero-order valence-electron chi connectivity index (χ0n) is 12.9. The number of hydrogen-bond acceptors (Lipinski definition) is 5. The fraction of sp³-hybridized carbons (Fsp3) is 0.188. The first-order valence-electron chi connectivity index (χ1n) is 7.28. The lowest BCUT2D eigenvalue weighted by Crippen LogP contribution is -2.28. The van der Waals surface area contributed by atoms with Gasteiger partial charge in [0.1, 0.15) is 0 Å². The monoisotopic (exact) mass is 345 g/mol. The van der Waals surface area contributed by atoms with Crippen LogP contribution in [0.5, 0.6) is 0 Å². The molecule has 24 heavy (non-hydrogen) atoms. The third kappa shape index (κ3) is 3.13. The molecule has 1 aliphatic rings. The summed E-state index contributed by atoms with van der Waals surface area (Å²) in [4.78, 5) is 28.5. The van der Waals surface area contributed by atoms with Crippen molar-refractivity contribution in [2.24, 2.45) is 0 Å². The summed E-state index contributed by atoms with van der Waals surface area (Å²) in [5, 5.41) is 0. The van der Waals surface area contributed by atoms with E-state index in [1.165, 1.54) is 30.5 Å². The largest absolute Gasteiger partial charge is 0.280 e. The van der Waals surface area contributed by atoms with Gasteiger partial charge in [0.15, 0.2) is 0 Å². The molecule has 1 N–H and O–H groups in total. The second-order valence-electron chi connectivity index (χ2n) is 5.41. The van der Waals surface area contributed by atoms with Crippen molar-refractivity contribution in [2.75, 3.05) is 9.62 Å². The fourth-order valence-electron chi connectivity index (χ4n) is 2.46. The van der Waals surface area contributed by atoms with Crippen LogP contribution in [0.15, 0.2) is 47.5 Å². The molecule has 8 heteroatoms. The van der Waals surface area contributed by atoms with E-state index in [2.05, 4.69) is 9.71 Å². The Morgan fingerprint density at radius 3 is 2.25 bits per heavy atom. The quantitative estimate of drug-likeness (QED) is 0.853. The van der Waals surface area contributed by atoms with Crippen LogP contribution in [0.4, 0.5) is 11.4 Å². The van der Waals surface area contributed by atoms with E-state index in [0.29, 0.717) is 17.1 Å². The highest BCUT2D eigenvalue weighted by atomic mass is 32.2. The van der Waals surface area contributed by atoms with Crippen LogP contribution in [0.25, 0.3) is 0 Å². The summed E-state index contributed by atoms with van der Waals surface area (Å²) >= 11 is 0. The second-order valence-corrected chi connectivity index (χ2v) is 7.09. The Morgan fingerprint density at radius 2 is 1.67 bits per heavy atom. The van der Waals surface area contributed by atoms with Gasteiger partial charge in [-0.3, -0.25) is 24.2 Å². The van der Waals surface area contributed by atoms with Crippen molar-refractivity contribution in [3.63, 3.8) is 0 Å². The predicted octanol–water partition coefficient (Wildman–Crippen LogP) is 1.84. The number of pyridine rings is 1. The third-order valence-electron chi connectivity index (χ3n) is 3.61. The number of anilines is 2. The van der Waals surface area contributed by atoms with Crippen molar-refractivity contribution in [3.8, 4) is 0 Å². The van der Waals surface area contributed by atoms with Crippen molar-refractivity contribution in [1.29, 1.82) is 0 Å². The van der Waals surface area contributed by atoms with Crippen molar-refractivity contribution in [1.82, 2.24) is 4.98 Å². The average Bonchev–Trinajstić information content (AvgIpc) is 2.86. The van der Waals surface area contributed by atoms with Gasteiger partial charge in [0, 0.05) is 24.7 Å². The van der Waals surface area contributed by atoms with Gasteiger partial charge >= 0.3 is 0 Å². The first-order valence-corrected chi connectivity index (χ1v) is 8.76. The molecule has 0 unspecified atom stereocenters. The fourth-order valence-corrected chi connectivity index (χ4v) is 3.51. The molecule has 2 amide bonds. The average molecular weight is 345 g/mol. The highest BCUT2D eigenvalue weighted by Gasteiger charge is 2.30. The van der Waals surface area contributed by atoms with E-state index < -0.39 is 10.0 Å². The van der Waals surface area contributed by atoms with Gasteiger partial charge < -0.3 is 0 Å². The van der Waals surface area contributed by atoms with E-state index in [9.17, 15) is 18.0 Å². The van der Waals surface area contributed by atoms with E-state index in [1.807, 2.05) is 0 Å². The van der Waals surface area contributed by atoms with Crippen LogP contribution >= 0.6 is 0 Å². The molecule has 0 saturated carbocycles. The van der Waals surface area contributed by atoms with Crippen molar-refractivity contribution >= 4 is 33.2 Å². The van der Waals surface area contributed by atoms with Crippen LogP contribution in [0.1, 0.15) is 18.5 Å². The minimum atomic E-state index is -3.76. The predicted molar refractivity (Wildman–Crippen MR) is 88.0 cm³/mol. The lowest BCUT2D eigenvalue weighted by atomic mass is 10.3. The molecule has 1 fully saturated rings. The molecule has 0 aliphatic carbocycles. The zero-order chi connectivity index (χ0) is 17.3. The minimum absolute atomic E-state index is 0.0415. The van der Waals surface area contributed by atoms with Gasteiger partial charge in [-0.15, -0.1) is 0 Å². The van der Waals surface area contributed by atoms with Gasteiger partial charge in [-0.2, -0.15) is 0 Å². The topological polar surface area (TPSA) is 96.4 Å². The zero-order valence-corrected chi connectivity index (χ0v) is 13.7. The number of imide groups is 1. The summed E-state index contributed by atoms with van der Waals surface area (Å²) in [5.74, 6) is -0.554. The maximum absolute atomic E-state index is 12.4. The van der Waals surface area contributed by atoms with Gasteiger partial charge in [-0.25, -0.2) is 8.42 Å². The molecule has 1 aromatic heterocycles. The summed E-state index contributed by atoms with van der Waals surface area (Å²) < 4.78 is 27.3. The van der Waals surface area contributed by atoms with E-state index >= 15 is 0 Å². The number of nitrogens with one attached hydrogen (secondary N) is 1. The number of hydrogen-bond donors (Lipinski definition) is 1. The van der Waals surface area contributed by atoms with Gasteiger partial charge in [0.25, 0.3) is 10.0 Å². The van der Waals surface area contributed by atoms with Crippen LogP contribution in [0.3, 0.4) is 0 Å². The number of rotatable bonds is 4. The third-order valence-corrected chi connectivity index (χ3v) is 5.00. The van der Waals surface area contributed by atoms with Crippen molar-refractivity contribution in [3.05, 3.63) is 48.3 Å². The molecule has 0 bridgehead atoms. The Bertz CT molecular complexity index is 891. The molecule has 0 radical (unpaired) electrons. The molecule has 0 atom stereocenters. The first-order chi connectivity index (χ1) is 11.4. The molecule has 3 rings (SSSR count). The molecule has 0 spiro atoms. The van der Waals surface area contributed by atoms with Crippen LogP contribution in [0.2, 0.25) is 0 Å². The molecular weight excluding hydrogens is 330 g/mol. The Hall–Kier alpha value is -2.74. The van der Waals surface area contributed by atoms with E-state index in [1.54, 1.807) is 19.1 Å². The Balaban J connectivity index is 1.84. The Morgan fingerprint density at radius 1 is 1.04 bits per heavy atom. The maximum Gasteiger partial charge on any atom is 0.261 e. The summed E-state index contributed by atoms with van der Waals surface area (Å²) in [6.45, 7) is 1.76. The number of amides is 2. The number of nitrogens with zero attached hydrogens (tertiary/aromatic N) is 2. The standard InChI is InChI=1S/C16H15N3O4S/c1-11-10-12(8-9-17-11)18-24(22,23)14-4-2-13(3-5-14)19-15(20)6-7-16(19)21/h2-5,8-10H,6-7H2,1H3,(H,17,18). The van der Waals surface area contributed by atoms with Gasteiger partial charge in [-0.05, 0) is 43.3 Å². The van der Waals surface area contributed by atoms with Crippen LogP contribution in [0, 0.1) is 6.92 Å². The molecule has 1 aromatic carbocycles. The summed E-state index contributed by atoms with van der Waals surface area (Å²) in [5.41, 5.74) is 1.48. The van der Waals surface area contributed by atoms with Gasteiger partial charge in [-0.1, -0.05) is 0 Å². The minimum Gasteiger partial charge on any atom is -0.280 e. The van der Waals surface area contributed by atoms with Crippen LogP contribution < -0.4 is 9.62 Å². The number of carbonyl (C=O) groups is 2. The van der Waals surface area contributed by atoms with Crippen molar-refractivity contribution in [2.45, 2.75) is 24.7 Å². The van der Waals surface area contributed by atoms with E-state index in [-0.39, 0.29) is 29.6 Å². The smallest absolute Gasteiger partial charge is 0.261 e. The van der Waals surface area contributed by atoms with E-state index in [0.717, 1.165) is 4.90 Å². The molecule has 7 nitrogen and oxygen atoms in total. The highest BCUT2D eigenvalue weighted by molar-refractivity contribution is 7.92.